The highest BCUT2D eigenvalue weighted by Crippen LogP contribution is 2.38. The molecule has 2 aliphatic heterocycles. The summed E-state index contributed by atoms with van der Waals surface area (Å²) in [4.78, 5) is 26.7. The number of hydrogen-bond acceptors (Lipinski definition) is 6. The maximum atomic E-state index is 13.2. The number of amides is 1. The summed E-state index contributed by atoms with van der Waals surface area (Å²) in [6.45, 7) is 6.04. The van der Waals surface area contributed by atoms with Gasteiger partial charge in [-0.25, -0.2) is 0 Å². The van der Waals surface area contributed by atoms with Crippen LogP contribution in [0.25, 0.3) is 0 Å². The molecule has 11 heteroatoms. The molecule has 8 nitrogen and oxygen atoms in total. The Morgan fingerprint density at radius 2 is 1.64 bits per heavy atom. The number of hydrogen-bond donors (Lipinski definition) is 0. The van der Waals surface area contributed by atoms with Crippen molar-refractivity contribution in [2.75, 3.05) is 32.7 Å². The number of carbonyl (C=O) groups is 1. The van der Waals surface area contributed by atoms with Crippen LogP contribution in [0, 0.1) is 17.0 Å². The van der Waals surface area contributed by atoms with Crippen LogP contribution in [0.2, 0.25) is 0 Å². The Morgan fingerprint density at radius 1 is 1.00 bits per heavy atom. The lowest BCUT2D eigenvalue weighted by Gasteiger charge is -2.34. The largest absolute Gasteiger partial charge is 0.490 e. The van der Waals surface area contributed by atoms with E-state index in [9.17, 15) is 28.1 Å². The van der Waals surface area contributed by atoms with Gasteiger partial charge >= 0.3 is 6.18 Å². The second-order valence-corrected chi connectivity index (χ2v) is 10.2. The molecule has 39 heavy (non-hydrogen) atoms. The highest BCUT2D eigenvalue weighted by molar-refractivity contribution is 5.76. The van der Waals surface area contributed by atoms with E-state index in [1.807, 2.05) is 0 Å². The number of piperidine rings is 2. The third-order valence-corrected chi connectivity index (χ3v) is 7.35. The molecule has 0 aliphatic carbocycles. The van der Waals surface area contributed by atoms with Gasteiger partial charge < -0.3 is 19.3 Å². The topological polar surface area (TPSA) is 85.2 Å². The molecule has 0 saturated carbocycles. The Morgan fingerprint density at radius 3 is 2.26 bits per heavy atom. The normalized spacial score (nSPS) is 17.8. The van der Waals surface area contributed by atoms with Gasteiger partial charge in [-0.15, -0.1) is 0 Å². The van der Waals surface area contributed by atoms with Gasteiger partial charge in [0.15, 0.2) is 0 Å². The number of rotatable bonds is 9. The highest BCUT2D eigenvalue weighted by Gasteiger charge is 2.39. The quantitative estimate of drug-likeness (QED) is 0.309. The molecule has 0 radical (unpaired) electrons. The molecule has 2 fully saturated rings. The van der Waals surface area contributed by atoms with E-state index in [2.05, 4.69) is 36.1 Å². The van der Waals surface area contributed by atoms with Crippen molar-refractivity contribution in [3.8, 4) is 5.75 Å². The Labute approximate surface area is 225 Å². The molecule has 0 aromatic heterocycles. The van der Waals surface area contributed by atoms with Crippen LogP contribution in [0.3, 0.4) is 0 Å². The fourth-order valence-electron chi connectivity index (χ4n) is 5.00. The van der Waals surface area contributed by atoms with Crippen molar-refractivity contribution < 1.29 is 32.4 Å². The van der Waals surface area contributed by atoms with Gasteiger partial charge in [-0.2, -0.15) is 13.2 Å². The van der Waals surface area contributed by atoms with Crippen molar-refractivity contribution in [3.63, 3.8) is 0 Å². The zero-order valence-electron chi connectivity index (χ0n) is 22.0. The third-order valence-electron chi connectivity index (χ3n) is 7.35. The molecule has 2 aliphatic rings. The Balaban J connectivity index is 1.15. The average Bonchev–Trinajstić information content (AvgIpc) is 2.92. The number of nitro benzene ring substituents is 1. The first-order valence-corrected chi connectivity index (χ1v) is 13.3. The molecule has 2 aromatic rings. The molecular formula is C28H34F3N3O5. The Hall–Kier alpha value is -3.18. The minimum absolute atomic E-state index is 0.0564. The third kappa shape index (κ3) is 8.15. The van der Waals surface area contributed by atoms with Crippen LogP contribution in [0.1, 0.15) is 48.8 Å². The molecule has 1 amide bonds. The van der Waals surface area contributed by atoms with Crippen LogP contribution in [-0.4, -0.2) is 65.6 Å². The summed E-state index contributed by atoms with van der Waals surface area (Å²) in [5.74, 6) is -0.00941. The van der Waals surface area contributed by atoms with Gasteiger partial charge in [0, 0.05) is 58.1 Å². The minimum atomic E-state index is -4.86. The van der Waals surface area contributed by atoms with Gasteiger partial charge in [0.2, 0.25) is 5.91 Å². The standard InChI is InChI=1S/C28H34F3N3O5/c1-20-2-4-21(5-3-20)19-38-22-8-13-32(14-9-22)15-12-27(35)33-16-10-23(11-17-33)39-24-6-7-26(34(36)37)25(18-24)28(29,30)31/h2-7,18,22-23H,8-17,19H2,1H3. The van der Waals surface area contributed by atoms with Crippen molar-refractivity contribution in [3.05, 3.63) is 69.3 Å². The number of benzene rings is 2. The van der Waals surface area contributed by atoms with Crippen LogP contribution < -0.4 is 4.74 Å². The summed E-state index contributed by atoms with van der Waals surface area (Å²) in [6.07, 6.45) is -1.76. The van der Waals surface area contributed by atoms with Crippen LogP contribution in [0.15, 0.2) is 42.5 Å². The molecule has 2 aromatic carbocycles. The summed E-state index contributed by atoms with van der Waals surface area (Å²) < 4.78 is 51.5. The fourth-order valence-corrected chi connectivity index (χ4v) is 5.00. The van der Waals surface area contributed by atoms with Crippen molar-refractivity contribution in [1.29, 1.82) is 0 Å². The maximum absolute atomic E-state index is 13.2. The van der Waals surface area contributed by atoms with Crippen molar-refractivity contribution in [2.24, 2.45) is 0 Å². The zero-order valence-corrected chi connectivity index (χ0v) is 22.0. The van der Waals surface area contributed by atoms with Crippen LogP contribution in [0.5, 0.6) is 5.75 Å². The maximum Gasteiger partial charge on any atom is 0.423 e. The first-order valence-electron chi connectivity index (χ1n) is 13.3. The Kier molecular flexibility index (Phi) is 9.45. The fraction of sp³-hybridized carbons (Fsp3) is 0.536. The van der Waals surface area contributed by atoms with E-state index >= 15 is 0 Å². The summed E-state index contributed by atoms with van der Waals surface area (Å²) in [5, 5.41) is 10.9. The molecule has 2 heterocycles. The molecule has 0 bridgehead atoms. The first kappa shape index (κ1) is 28.8. The van der Waals surface area contributed by atoms with E-state index in [4.69, 9.17) is 9.47 Å². The lowest BCUT2D eigenvalue weighted by atomic mass is 10.1. The van der Waals surface area contributed by atoms with Gasteiger partial charge in [-0.1, -0.05) is 29.8 Å². The average molecular weight is 550 g/mol. The monoisotopic (exact) mass is 549 g/mol. The number of aryl methyl sites for hydroxylation is 1. The Bertz CT molecular complexity index is 1130. The zero-order chi connectivity index (χ0) is 28.0. The molecule has 2 saturated heterocycles. The van der Waals surface area contributed by atoms with E-state index < -0.39 is 22.4 Å². The lowest BCUT2D eigenvalue weighted by Crippen LogP contribution is -2.44. The van der Waals surface area contributed by atoms with Gasteiger partial charge in [0.1, 0.15) is 17.4 Å². The van der Waals surface area contributed by atoms with Gasteiger partial charge in [-0.05, 0) is 37.5 Å². The molecule has 0 N–H and O–H groups in total. The van der Waals surface area contributed by atoms with Gasteiger partial charge in [0.25, 0.3) is 5.69 Å². The number of likely N-dealkylation sites (tertiary alicyclic amines) is 2. The lowest BCUT2D eigenvalue weighted by molar-refractivity contribution is -0.388. The number of halogens is 3. The number of ether oxygens (including phenoxy) is 2. The van der Waals surface area contributed by atoms with Crippen molar-refractivity contribution in [2.45, 2.75) is 64.0 Å². The summed E-state index contributed by atoms with van der Waals surface area (Å²) in [6, 6.07) is 11.0. The second kappa shape index (κ2) is 12.8. The van der Waals surface area contributed by atoms with E-state index in [0.717, 1.165) is 32.0 Å². The van der Waals surface area contributed by atoms with Crippen LogP contribution >= 0.6 is 0 Å². The SMILES string of the molecule is Cc1ccc(COC2CCN(CCC(=O)N3CCC(Oc4ccc([N+](=O)[O-])c(C(F)(F)F)c4)CC3)CC2)cc1. The van der Waals surface area contributed by atoms with Gasteiger partial charge in [0.05, 0.1) is 17.6 Å². The first-order chi connectivity index (χ1) is 18.6. The number of carbonyl (C=O) groups excluding carboxylic acids is 1. The van der Waals surface area contributed by atoms with Crippen molar-refractivity contribution >= 4 is 11.6 Å². The summed E-state index contributed by atoms with van der Waals surface area (Å²) in [7, 11) is 0. The molecule has 4 rings (SSSR count). The number of nitro groups is 1. The molecular weight excluding hydrogens is 515 g/mol. The van der Waals surface area contributed by atoms with E-state index in [1.54, 1.807) is 4.90 Å². The smallest absolute Gasteiger partial charge is 0.423 e. The van der Waals surface area contributed by atoms with E-state index in [-0.39, 0.29) is 23.9 Å². The second-order valence-electron chi connectivity index (χ2n) is 10.2. The van der Waals surface area contributed by atoms with E-state index in [1.165, 1.54) is 17.2 Å². The molecule has 212 valence electrons. The predicted octanol–water partition coefficient (Wildman–Crippen LogP) is 5.36. The summed E-state index contributed by atoms with van der Waals surface area (Å²) in [5.41, 5.74) is 0.0554. The van der Waals surface area contributed by atoms with E-state index in [0.29, 0.717) is 51.6 Å². The van der Waals surface area contributed by atoms with Crippen molar-refractivity contribution in [1.82, 2.24) is 9.80 Å². The van der Waals surface area contributed by atoms with Crippen LogP contribution in [-0.2, 0) is 22.3 Å². The molecule has 0 atom stereocenters. The number of nitrogens with zero attached hydrogens (tertiary/aromatic N) is 3. The molecule has 0 spiro atoms. The minimum Gasteiger partial charge on any atom is -0.490 e. The number of alkyl halides is 3. The molecule has 0 unspecified atom stereocenters. The highest BCUT2D eigenvalue weighted by atomic mass is 19.4. The van der Waals surface area contributed by atoms with Gasteiger partial charge in [-0.3, -0.25) is 14.9 Å². The van der Waals surface area contributed by atoms with Crippen LogP contribution in [0.4, 0.5) is 18.9 Å². The summed E-state index contributed by atoms with van der Waals surface area (Å²) >= 11 is 0. The predicted molar refractivity (Wildman–Crippen MR) is 138 cm³/mol.